The van der Waals surface area contributed by atoms with Crippen LogP contribution < -0.4 is 4.74 Å². The van der Waals surface area contributed by atoms with E-state index in [-0.39, 0.29) is 18.5 Å². The van der Waals surface area contributed by atoms with Gasteiger partial charge in [-0.2, -0.15) is 10.2 Å². The largest absolute Gasteiger partial charge is 0.470 e. The quantitative estimate of drug-likeness (QED) is 0.191. The van der Waals surface area contributed by atoms with Gasteiger partial charge in [-0.15, -0.1) is 0 Å². The molecule has 1 unspecified atom stereocenters. The lowest BCUT2D eigenvalue weighted by Crippen LogP contribution is -2.26. The third-order valence-corrected chi connectivity index (χ3v) is 8.02. The summed E-state index contributed by atoms with van der Waals surface area (Å²) in [6.45, 7) is 7.87. The van der Waals surface area contributed by atoms with Crippen LogP contribution >= 0.6 is 23.2 Å². The maximum atomic E-state index is 15.7. The van der Waals surface area contributed by atoms with Gasteiger partial charge in [0, 0.05) is 54.2 Å². The number of ether oxygens (including phenoxy) is 2. The van der Waals surface area contributed by atoms with E-state index in [1.807, 2.05) is 13.0 Å². The van der Waals surface area contributed by atoms with E-state index < -0.39 is 17.5 Å². The fraction of sp³-hybridized carbons (Fsp3) is 0.387. The Labute approximate surface area is 263 Å². The predicted molar refractivity (Wildman–Crippen MR) is 165 cm³/mol. The third kappa shape index (κ3) is 6.14. The first-order chi connectivity index (χ1) is 21.0. The van der Waals surface area contributed by atoms with Crippen LogP contribution in [0.1, 0.15) is 63.6 Å². The van der Waals surface area contributed by atoms with Crippen molar-refractivity contribution in [1.29, 1.82) is 0 Å². The van der Waals surface area contributed by atoms with Crippen LogP contribution in [0.4, 0.5) is 4.39 Å². The summed E-state index contributed by atoms with van der Waals surface area (Å²) in [5, 5.41) is 20.3. The van der Waals surface area contributed by atoms with Crippen molar-refractivity contribution < 1.29 is 19.0 Å². The first-order valence-corrected chi connectivity index (χ1v) is 15.1. The molecule has 1 aliphatic rings. The average Bonchev–Trinajstić information content (AvgIpc) is 3.52. The second-order valence-electron chi connectivity index (χ2n) is 11.6. The number of aliphatic hydroxyl groups is 1. The summed E-state index contributed by atoms with van der Waals surface area (Å²) >= 11 is 12.7. The Morgan fingerprint density at radius 3 is 2.59 bits per heavy atom. The van der Waals surface area contributed by atoms with Gasteiger partial charge in [-0.25, -0.2) is 14.1 Å². The van der Waals surface area contributed by atoms with E-state index in [1.165, 1.54) is 18.5 Å². The van der Waals surface area contributed by atoms with Crippen molar-refractivity contribution in [1.82, 2.24) is 34.5 Å². The molecule has 0 radical (unpaired) electrons. The second kappa shape index (κ2) is 12.0. The summed E-state index contributed by atoms with van der Waals surface area (Å²) in [6, 6.07) is 5.02. The van der Waals surface area contributed by atoms with Crippen molar-refractivity contribution in [2.75, 3.05) is 6.61 Å². The van der Waals surface area contributed by atoms with Gasteiger partial charge in [-0.3, -0.25) is 14.6 Å². The molecule has 5 aromatic heterocycles. The first-order valence-electron chi connectivity index (χ1n) is 14.4. The van der Waals surface area contributed by atoms with Gasteiger partial charge >= 0.3 is 0 Å². The van der Waals surface area contributed by atoms with Crippen molar-refractivity contribution >= 4 is 34.2 Å². The molecular formula is C31H32Cl2FN7O3. The molecule has 0 amide bonds. The van der Waals surface area contributed by atoms with E-state index in [2.05, 4.69) is 15.1 Å². The molecule has 6 rings (SSSR count). The number of nitrogens with zero attached hydrogens (tertiary/aromatic N) is 7. The van der Waals surface area contributed by atoms with E-state index in [1.54, 1.807) is 48.6 Å². The lowest BCUT2D eigenvalue weighted by atomic mass is 10.1. The summed E-state index contributed by atoms with van der Waals surface area (Å²) in [4.78, 5) is 13.3. The minimum absolute atomic E-state index is 0.157. The summed E-state index contributed by atoms with van der Waals surface area (Å²) < 4.78 is 31.4. The van der Waals surface area contributed by atoms with Gasteiger partial charge in [0.2, 0.25) is 5.88 Å². The highest BCUT2D eigenvalue weighted by Gasteiger charge is 2.25. The zero-order chi connectivity index (χ0) is 31.2. The van der Waals surface area contributed by atoms with Crippen LogP contribution in [-0.2, 0) is 11.3 Å². The fourth-order valence-corrected chi connectivity index (χ4v) is 6.11. The molecule has 1 aliphatic heterocycles. The molecule has 1 N–H and O–H groups in total. The number of rotatable bonds is 8. The van der Waals surface area contributed by atoms with Crippen LogP contribution in [0.15, 0.2) is 43.0 Å². The van der Waals surface area contributed by atoms with Crippen LogP contribution in [0, 0.1) is 12.7 Å². The summed E-state index contributed by atoms with van der Waals surface area (Å²) in [7, 11) is 0. The Hall–Kier alpha value is -3.64. The van der Waals surface area contributed by atoms with Crippen molar-refractivity contribution in [2.24, 2.45) is 0 Å². The standard InChI is InChI=1S/C31H32Cl2FN7O3/c1-17-20(15-40(38-17)16-31(3,4)42)29-23(34)11-19(12-36-29)28-30-24(41(39-28)26-7-5-6-10-43-26)8-9-25(37-30)44-18(2)27-21(32)13-35-14-22(27)33/h8-9,11-15,18,26,42H,5-7,10,16H2,1-4H3/t18-,26?/m1/s1. The van der Waals surface area contributed by atoms with E-state index >= 15 is 4.39 Å². The van der Waals surface area contributed by atoms with Crippen LogP contribution in [0.2, 0.25) is 10.0 Å². The highest BCUT2D eigenvalue weighted by atomic mass is 35.5. The minimum atomic E-state index is -0.975. The van der Waals surface area contributed by atoms with E-state index in [9.17, 15) is 5.11 Å². The number of fused-ring (bicyclic) bond motifs is 1. The van der Waals surface area contributed by atoms with Crippen molar-refractivity contribution in [3.05, 3.63) is 70.1 Å². The Bertz CT molecular complexity index is 1810. The fourth-order valence-electron chi connectivity index (χ4n) is 5.44. The number of pyridine rings is 3. The lowest BCUT2D eigenvalue weighted by Gasteiger charge is -2.23. The molecule has 1 saturated heterocycles. The molecule has 230 valence electrons. The molecule has 0 aromatic carbocycles. The Kier molecular flexibility index (Phi) is 8.31. The Morgan fingerprint density at radius 2 is 1.91 bits per heavy atom. The molecule has 13 heteroatoms. The van der Waals surface area contributed by atoms with E-state index in [0.29, 0.717) is 56.1 Å². The lowest BCUT2D eigenvalue weighted by molar-refractivity contribution is -0.0365. The second-order valence-corrected chi connectivity index (χ2v) is 12.4. The number of halogens is 3. The number of hydrogen-bond acceptors (Lipinski definition) is 8. The molecular weight excluding hydrogens is 608 g/mol. The van der Waals surface area contributed by atoms with Crippen LogP contribution in [0.3, 0.4) is 0 Å². The third-order valence-electron chi connectivity index (χ3n) is 7.42. The smallest absolute Gasteiger partial charge is 0.214 e. The van der Waals surface area contributed by atoms with E-state index in [4.69, 9.17) is 42.8 Å². The SMILES string of the molecule is Cc1nn(CC(C)(C)O)cc1-c1ncc(-c2nn(C3CCCCO3)c3ccc(O[C@H](C)c4c(Cl)cncc4Cl)nc23)cc1F. The van der Waals surface area contributed by atoms with Crippen molar-refractivity contribution in [2.45, 2.75) is 71.4 Å². The number of hydrogen-bond donors (Lipinski definition) is 1. The molecule has 1 fully saturated rings. The minimum Gasteiger partial charge on any atom is -0.470 e. The Morgan fingerprint density at radius 1 is 1.14 bits per heavy atom. The summed E-state index contributed by atoms with van der Waals surface area (Å²) in [5.41, 5.74) is 3.05. The zero-order valence-electron chi connectivity index (χ0n) is 24.8. The average molecular weight is 641 g/mol. The van der Waals surface area contributed by atoms with Gasteiger partial charge in [0.25, 0.3) is 0 Å². The van der Waals surface area contributed by atoms with Gasteiger partial charge in [-0.1, -0.05) is 23.2 Å². The molecule has 2 atom stereocenters. The highest BCUT2D eigenvalue weighted by molar-refractivity contribution is 6.35. The molecule has 5 aromatic rings. The topological polar surface area (TPSA) is 113 Å². The predicted octanol–water partition coefficient (Wildman–Crippen LogP) is 7.12. The number of aromatic nitrogens is 7. The molecule has 44 heavy (non-hydrogen) atoms. The van der Waals surface area contributed by atoms with Crippen molar-refractivity contribution in [3.63, 3.8) is 0 Å². The van der Waals surface area contributed by atoms with Gasteiger partial charge in [0.15, 0.2) is 6.23 Å². The van der Waals surface area contributed by atoms with Crippen LogP contribution in [-0.4, -0.2) is 51.8 Å². The molecule has 0 bridgehead atoms. The maximum absolute atomic E-state index is 15.7. The Balaban J connectivity index is 1.39. The maximum Gasteiger partial charge on any atom is 0.214 e. The molecule has 10 nitrogen and oxygen atoms in total. The van der Waals surface area contributed by atoms with E-state index in [0.717, 1.165) is 24.8 Å². The molecule has 0 saturated carbocycles. The van der Waals surface area contributed by atoms with Crippen molar-refractivity contribution in [3.8, 4) is 28.4 Å². The normalized spacial score (nSPS) is 16.4. The highest BCUT2D eigenvalue weighted by Crippen LogP contribution is 2.36. The summed E-state index contributed by atoms with van der Waals surface area (Å²) in [5.74, 6) is -0.216. The number of aryl methyl sites for hydroxylation is 1. The van der Waals surface area contributed by atoms with Gasteiger partial charge in [0.1, 0.15) is 28.8 Å². The molecule has 0 spiro atoms. The van der Waals surface area contributed by atoms with Gasteiger partial charge < -0.3 is 14.6 Å². The molecule has 0 aliphatic carbocycles. The summed E-state index contributed by atoms with van der Waals surface area (Å²) in [6.07, 6.45) is 8.28. The monoisotopic (exact) mass is 639 g/mol. The van der Waals surface area contributed by atoms with Gasteiger partial charge in [0.05, 0.1) is 33.4 Å². The first kappa shape index (κ1) is 30.4. The van der Waals surface area contributed by atoms with Crippen LogP contribution in [0.5, 0.6) is 5.88 Å². The van der Waals surface area contributed by atoms with Gasteiger partial charge in [-0.05, 0) is 59.1 Å². The van der Waals surface area contributed by atoms with Crippen LogP contribution in [0.25, 0.3) is 33.5 Å². The zero-order valence-corrected chi connectivity index (χ0v) is 26.3. The molecule has 6 heterocycles.